The Labute approximate surface area is 288 Å². The molecule has 48 heavy (non-hydrogen) atoms. The van der Waals surface area contributed by atoms with E-state index in [9.17, 15) is 19.2 Å². The Balaban J connectivity index is 2.60. The van der Waals surface area contributed by atoms with Gasteiger partial charge in [-0.1, -0.05) is 114 Å². The summed E-state index contributed by atoms with van der Waals surface area (Å²) in [5.41, 5.74) is -0.0760. The molecule has 2 rings (SSSR count). The first kappa shape index (κ1) is 40.3. The second-order valence-electron chi connectivity index (χ2n) is 14.6. The van der Waals surface area contributed by atoms with Crippen molar-refractivity contribution in [2.24, 2.45) is 5.92 Å². The van der Waals surface area contributed by atoms with Gasteiger partial charge >= 0.3 is 12.1 Å². The number of nitrogens with zero attached hydrogens (tertiary/aromatic N) is 1. The standard InChI is InChI=1S/C39H59N3O6/c1-10-12-13-14-21-26-42(35(44)32(28(3)11-2)41-37(46)48-39(7,8)9)33(30-24-19-16-20-25-30)34(43)40-31(36(45)47-38(4,5)6)27-29-22-17-15-18-23-29/h15-20,22-25,28,31-33H,10-14,21,26-27H2,1-9H3,(H,40,43)(H,41,46). The average Bonchev–Trinajstić information content (AvgIpc) is 3.01. The minimum atomic E-state index is -1.07. The Morgan fingerprint density at radius 3 is 1.85 bits per heavy atom. The molecule has 0 radical (unpaired) electrons. The van der Waals surface area contributed by atoms with E-state index in [2.05, 4.69) is 17.6 Å². The molecule has 0 spiro atoms. The number of carbonyl (C=O) groups is 4. The predicted molar refractivity (Wildman–Crippen MR) is 190 cm³/mol. The van der Waals surface area contributed by atoms with Crippen LogP contribution in [-0.4, -0.2) is 58.6 Å². The van der Waals surface area contributed by atoms with E-state index in [1.807, 2.05) is 62.4 Å². The van der Waals surface area contributed by atoms with Crippen LogP contribution in [0.2, 0.25) is 0 Å². The van der Waals surface area contributed by atoms with Crippen LogP contribution in [0.3, 0.4) is 0 Å². The van der Waals surface area contributed by atoms with Crippen molar-refractivity contribution in [1.29, 1.82) is 0 Å². The van der Waals surface area contributed by atoms with Crippen LogP contribution in [0.4, 0.5) is 4.79 Å². The second-order valence-corrected chi connectivity index (χ2v) is 14.6. The highest BCUT2D eigenvalue weighted by molar-refractivity contribution is 5.94. The Bertz CT molecular complexity index is 1290. The number of alkyl carbamates (subject to hydrolysis) is 1. The normalized spacial score (nSPS) is 14.2. The van der Waals surface area contributed by atoms with Crippen molar-refractivity contribution in [3.05, 3.63) is 71.8 Å². The maximum atomic E-state index is 14.7. The van der Waals surface area contributed by atoms with Crippen LogP contribution in [0.15, 0.2) is 60.7 Å². The predicted octanol–water partition coefficient (Wildman–Crippen LogP) is 7.54. The molecular weight excluding hydrogens is 606 g/mol. The lowest BCUT2D eigenvalue weighted by molar-refractivity contribution is -0.159. The van der Waals surface area contributed by atoms with E-state index in [1.165, 1.54) is 0 Å². The van der Waals surface area contributed by atoms with Gasteiger partial charge < -0.3 is 25.0 Å². The zero-order valence-corrected chi connectivity index (χ0v) is 30.6. The fourth-order valence-electron chi connectivity index (χ4n) is 5.32. The first-order valence-corrected chi connectivity index (χ1v) is 17.5. The summed E-state index contributed by atoms with van der Waals surface area (Å²) < 4.78 is 11.3. The molecule has 9 nitrogen and oxygen atoms in total. The van der Waals surface area contributed by atoms with Gasteiger partial charge in [0.1, 0.15) is 29.3 Å². The van der Waals surface area contributed by atoms with Gasteiger partial charge in [0.2, 0.25) is 11.8 Å². The average molecular weight is 666 g/mol. The third-order valence-corrected chi connectivity index (χ3v) is 7.90. The maximum Gasteiger partial charge on any atom is 0.408 e. The summed E-state index contributed by atoms with van der Waals surface area (Å²) in [6.45, 7) is 16.9. The van der Waals surface area contributed by atoms with Crippen LogP contribution in [0.25, 0.3) is 0 Å². The molecule has 0 aliphatic carbocycles. The smallest absolute Gasteiger partial charge is 0.408 e. The van der Waals surface area contributed by atoms with E-state index >= 15 is 0 Å². The quantitative estimate of drug-likeness (QED) is 0.133. The third-order valence-electron chi connectivity index (χ3n) is 7.90. The van der Waals surface area contributed by atoms with Crippen molar-refractivity contribution >= 4 is 23.9 Å². The summed E-state index contributed by atoms with van der Waals surface area (Å²) in [7, 11) is 0. The molecule has 266 valence electrons. The number of unbranched alkanes of at least 4 members (excludes halogenated alkanes) is 4. The molecule has 2 N–H and O–H groups in total. The van der Waals surface area contributed by atoms with Crippen LogP contribution in [0, 0.1) is 5.92 Å². The van der Waals surface area contributed by atoms with Crippen molar-refractivity contribution in [2.75, 3.05) is 6.54 Å². The number of rotatable bonds is 17. The molecule has 0 aromatic heterocycles. The first-order chi connectivity index (χ1) is 22.6. The topological polar surface area (TPSA) is 114 Å². The van der Waals surface area contributed by atoms with Gasteiger partial charge in [0.15, 0.2) is 0 Å². The minimum Gasteiger partial charge on any atom is -0.458 e. The summed E-state index contributed by atoms with van der Waals surface area (Å²) in [5, 5.41) is 5.79. The van der Waals surface area contributed by atoms with E-state index in [0.29, 0.717) is 18.4 Å². The van der Waals surface area contributed by atoms with Crippen molar-refractivity contribution in [3.63, 3.8) is 0 Å². The summed E-state index contributed by atoms with van der Waals surface area (Å²) in [6, 6.07) is 15.5. The highest BCUT2D eigenvalue weighted by atomic mass is 16.6. The Morgan fingerprint density at radius 1 is 0.750 bits per heavy atom. The fourth-order valence-corrected chi connectivity index (χ4v) is 5.32. The first-order valence-electron chi connectivity index (χ1n) is 17.5. The Kier molecular flexibility index (Phi) is 16.1. The summed E-state index contributed by atoms with van der Waals surface area (Å²) in [5.74, 6) is -1.70. The summed E-state index contributed by atoms with van der Waals surface area (Å²) in [6.07, 6.45) is 4.82. The zero-order chi connectivity index (χ0) is 35.9. The molecule has 9 heteroatoms. The number of carbonyl (C=O) groups excluding carboxylic acids is 4. The summed E-state index contributed by atoms with van der Waals surface area (Å²) in [4.78, 5) is 57.3. The van der Waals surface area contributed by atoms with Crippen LogP contribution in [-0.2, 0) is 30.3 Å². The molecule has 0 aliphatic rings. The van der Waals surface area contributed by atoms with Crippen molar-refractivity contribution in [1.82, 2.24) is 15.5 Å². The van der Waals surface area contributed by atoms with E-state index in [0.717, 1.165) is 31.2 Å². The SMILES string of the molecule is CCCCCCCN(C(=O)C(NC(=O)OC(C)(C)C)C(C)CC)C(C(=O)NC(Cc1ccccc1)C(=O)OC(C)(C)C)c1ccccc1. The number of hydrogen-bond donors (Lipinski definition) is 2. The van der Waals surface area contributed by atoms with Gasteiger partial charge in [0.25, 0.3) is 0 Å². The van der Waals surface area contributed by atoms with Gasteiger partial charge in [-0.15, -0.1) is 0 Å². The molecular formula is C39H59N3O6. The molecule has 0 bridgehead atoms. The monoisotopic (exact) mass is 665 g/mol. The lowest BCUT2D eigenvalue weighted by Crippen LogP contribution is -2.56. The van der Waals surface area contributed by atoms with Gasteiger partial charge in [-0.25, -0.2) is 9.59 Å². The highest BCUT2D eigenvalue weighted by Crippen LogP contribution is 2.26. The van der Waals surface area contributed by atoms with Gasteiger partial charge in [-0.2, -0.15) is 0 Å². The molecule has 4 unspecified atom stereocenters. The van der Waals surface area contributed by atoms with Crippen molar-refractivity contribution < 1.29 is 28.7 Å². The number of hydrogen-bond acceptors (Lipinski definition) is 6. The summed E-state index contributed by atoms with van der Waals surface area (Å²) >= 11 is 0. The molecule has 4 atom stereocenters. The van der Waals surface area contributed by atoms with Gasteiger partial charge in [-0.3, -0.25) is 9.59 Å². The fraction of sp³-hybridized carbons (Fsp3) is 0.590. The van der Waals surface area contributed by atoms with E-state index in [-0.39, 0.29) is 24.8 Å². The van der Waals surface area contributed by atoms with Gasteiger partial charge in [0.05, 0.1) is 0 Å². The van der Waals surface area contributed by atoms with Crippen LogP contribution >= 0.6 is 0 Å². The molecule has 3 amide bonds. The van der Waals surface area contributed by atoms with Gasteiger partial charge in [-0.05, 0) is 65.0 Å². The molecule has 0 aliphatic heterocycles. The maximum absolute atomic E-state index is 14.7. The van der Waals surface area contributed by atoms with Crippen molar-refractivity contribution in [2.45, 2.75) is 137 Å². The van der Waals surface area contributed by atoms with Crippen LogP contribution < -0.4 is 10.6 Å². The Morgan fingerprint density at radius 2 is 1.31 bits per heavy atom. The van der Waals surface area contributed by atoms with Crippen molar-refractivity contribution in [3.8, 4) is 0 Å². The molecule has 2 aromatic rings. The minimum absolute atomic E-state index is 0.212. The number of nitrogens with one attached hydrogen (secondary N) is 2. The zero-order valence-electron chi connectivity index (χ0n) is 30.6. The van der Waals surface area contributed by atoms with Crippen LogP contribution in [0.5, 0.6) is 0 Å². The largest absolute Gasteiger partial charge is 0.458 e. The highest BCUT2D eigenvalue weighted by Gasteiger charge is 2.39. The number of esters is 1. The second kappa shape index (κ2) is 19.2. The molecule has 2 aromatic carbocycles. The molecule has 0 saturated carbocycles. The number of ether oxygens (including phenoxy) is 2. The van der Waals surface area contributed by atoms with E-state index in [1.54, 1.807) is 58.6 Å². The Hall–Kier alpha value is -3.88. The van der Waals surface area contributed by atoms with Crippen LogP contribution in [0.1, 0.15) is 118 Å². The number of amides is 3. The number of benzene rings is 2. The van der Waals surface area contributed by atoms with Gasteiger partial charge in [0, 0.05) is 13.0 Å². The lowest BCUT2D eigenvalue weighted by atomic mass is 9.95. The lowest BCUT2D eigenvalue weighted by Gasteiger charge is -2.36. The molecule has 0 fully saturated rings. The van der Waals surface area contributed by atoms with E-state index in [4.69, 9.17) is 9.47 Å². The van der Waals surface area contributed by atoms with E-state index < -0.39 is 47.3 Å². The molecule has 0 saturated heterocycles. The third kappa shape index (κ3) is 14.1. The molecule has 0 heterocycles.